The van der Waals surface area contributed by atoms with Crippen molar-refractivity contribution in [3.63, 3.8) is 0 Å². The first-order valence-corrected chi connectivity index (χ1v) is 19.3. The molecule has 0 spiro atoms. The van der Waals surface area contributed by atoms with Crippen LogP contribution in [-0.4, -0.2) is 23.0 Å². The predicted molar refractivity (Wildman–Crippen MR) is 235 cm³/mol. The third-order valence-electron chi connectivity index (χ3n) is 11.3. The Morgan fingerprint density at radius 2 is 1.24 bits per heavy atom. The maximum Gasteiger partial charge on any atom is 0.161 e. The molecule has 8 rings (SSSR count). The van der Waals surface area contributed by atoms with Gasteiger partial charge < -0.3 is 4.57 Å². The third kappa shape index (κ3) is 6.44. The van der Waals surface area contributed by atoms with Crippen LogP contribution < -0.4 is 0 Å². The summed E-state index contributed by atoms with van der Waals surface area (Å²) in [5.74, 6) is 1.17. The molecule has 1 heterocycles. The lowest BCUT2D eigenvalue weighted by atomic mass is 9.77. The van der Waals surface area contributed by atoms with Crippen molar-refractivity contribution in [1.29, 1.82) is 0 Å². The van der Waals surface area contributed by atoms with Gasteiger partial charge in [0.05, 0.1) is 17.6 Å². The quantitative estimate of drug-likeness (QED) is 0.126. The van der Waals surface area contributed by atoms with Gasteiger partial charge >= 0.3 is 0 Å². The molecule has 0 amide bonds. The van der Waals surface area contributed by atoms with Crippen LogP contribution in [0.5, 0.6) is 0 Å². The first-order chi connectivity index (χ1) is 26.3. The summed E-state index contributed by atoms with van der Waals surface area (Å²) in [5, 5.41) is 2.31. The molecule has 7 aromatic rings. The maximum atomic E-state index is 5.35. The Labute approximate surface area is 326 Å². The largest absolute Gasteiger partial charge is 0.309 e. The topological polar surface area (TPSA) is 42.0 Å². The fourth-order valence-corrected chi connectivity index (χ4v) is 8.16. The molecule has 1 aromatic heterocycles. The van der Waals surface area contributed by atoms with Gasteiger partial charge in [0.2, 0.25) is 0 Å². The molecule has 4 nitrogen and oxygen atoms in total. The van der Waals surface area contributed by atoms with Crippen molar-refractivity contribution in [2.75, 3.05) is 0 Å². The summed E-state index contributed by atoms with van der Waals surface area (Å²) in [5.41, 5.74) is 14.4. The van der Waals surface area contributed by atoms with E-state index in [2.05, 4.69) is 187 Å². The number of hydrogen-bond acceptors (Lipinski definition) is 1. The van der Waals surface area contributed by atoms with Gasteiger partial charge in [-0.05, 0) is 92.9 Å². The van der Waals surface area contributed by atoms with Crippen molar-refractivity contribution in [1.82, 2.24) is 4.57 Å². The zero-order valence-electron chi connectivity index (χ0n) is 33.4. The average molecular weight is 719 g/mol. The van der Waals surface area contributed by atoms with Gasteiger partial charge in [-0.15, -0.1) is 0 Å². The number of rotatable bonds is 5. The van der Waals surface area contributed by atoms with Crippen LogP contribution in [0.3, 0.4) is 0 Å². The van der Waals surface area contributed by atoms with E-state index in [1.807, 2.05) is 18.2 Å². The average Bonchev–Trinajstić information content (AvgIpc) is 3.62. The Morgan fingerprint density at radius 1 is 0.600 bits per heavy atom. The summed E-state index contributed by atoms with van der Waals surface area (Å²) >= 11 is 0. The normalized spacial score (nSPS) is 14.3. The van der Waals surface area contributed by atoms with Gasteiger partial charge in [0, 0.05) is 33.0 Å². The summed E-state index contributed by atoms with van der Waals surface area (Å²) in [6, 6.07) is 47.7. The molecular formula is C51H50N4. The molecule has 0 atom stereocenters. The van der Waals surface area contributed by atoms with Gasteiger partial charge in [-0.25, -0.2) is 9.98 Å². The molecule has 0 radical (unpaired) electrons. The SMILES string of the molecule is C=NC(=NC(=NCc1cc(C(C)(C)C)cc2c1-c1ccc(C(C)(C)C)cc1C2(C)C)c1ccccc1)c1ccc2c(c1)c1ccccc1n2-c1ccccc1. The van der Waals surface area contributed by atoms with Crippen LogP contribution in [0.2, 0.25) is 0 Å². The molecule has 4 heteroatoms. The van der Waals surface area contributed by atoms with E-state index in [9.17, 15) is 0 Å². The standard InChI is InChI=1S/C51H50N4/c1-49(2,3)36-25-26-40-42(30-36)51(7,8)43-31-37(50(4,5)6)28-35(46(40)43)32-53-48(33-18-12-10-13-19-33)54-47(52-9)34-24-27-45-41(29-34)39-22-16-17-23-44(39)55(45)38-20-14-11-15-21-38/h10-31H,9,32H2,1-8H3. The Morgan fingerprint density at radius 3 is 1.93 bits per heavy atom. The second kappa shape index (κ2) is 13.5. The van der Waals surface area contributed by atoms with Gasteiger partial charge in [0.25, 0.3) is 0 Å². The minimum absolute atomic E-state index is 0.0302. The van der Waals surface area contributed by atoms with Crippen LogP contribution in [0.15, 0.2) is 148 Å². The monoisotopic (exact) mass is 718 g/mol. The summed E-state index contributed by atoms with van der Waals surface area (Å²) in [6.07, 6.45) is 0. The van der Waals surface area contributed by atoms with Crippen LogP contribution in [-0.2, 0) is 22.8 Å². The number of para-hydroxylation sites is 2. The molecule has 1 aliphatic rings. The molecule has 0 saturated carbocycles. The van der Waals surface area contributed by atoms with Crippen LogP contribution in [0.25, 0.3) is 38.6 Å². The zero-order chi connectivity index (χ0) is 38.7. The second-order valence-electron chi connectivity index (χ2n) is 17.5. The molecule has 0 N–H and O–H groups in total. The van der Waals surface area contributed by atoms with Crippen molar-refractivity contribution in [3.8, 4) is 16.8 Å². The molecule has 274 valence electrons. The molecule has 55 heavy (non-hydrogen) atoms. The Hall–Kier alpha value is -5.87. The maximum absolute atomic E-state index is 5.35. The van der Waals surface area contributed by atoms with E-state index in [0.29, 0.717) is 18.2 Å². The number of nitrogens with zero attached hydrogens (tertiary/aromatic N) is 4. The fourth-order valence-electron chi connectivity index (χ4n) is 8.16. The van der Waals surface area contributed by atoms with Gasteiger partial charge in [0.15, 0.2) is 11.7 Å². The third-order valence-corrected chi connectivity index (χ3v) is 11.3. The minimum Gasteiger partial charge on any atom is -0.309 e. The van der Waals surface area contributed by atoms with Gasteiger partial charge in [-0.1, -0.05) is 152 Å². The Bertz CT molecular complexity index is 2660. The number of aromatic nitrogens is 1. The lowest BCUT2D eigenvalue weighted by Gasteiger charge is -2.27. The van der Waals surface area contributed by atoms with Crippen molar-refractivity contribution in [2.24, 2.45) is 15.0 Å². The van der Waals surface area contributed by atoms with E-state index in [1.165, 1.54) is 44.3 Å². The number of aliphatic imine (C=N–C) groups is 3. The van der Waals surface area contributed by atoms with Crippen molar-refractivity contribution >= 4 is 40.2 Å². The highest BCUT2D eigenvalue weighted by Gasteiger charge is 2.38. The number of fused-ring (bicyclic) bond motifs is 6. The minimum atomic E-state index is -0.145. The molecule has 6 aromatic carbocycles. The second-order valence-corrected chi connectivity index (χ2v) is 17.5. The van der Waals surface area contributed by atoms with E-state index in [0.717, 1.165) is 33.2 Å². The molecule has 0 saturated heterocycles. The first kappa shape index (κ1) is 36.1. The molecule has 0 fully saturated rings. The van der Waals surface area contributed by atoms with E-state index >= 15 is 0 Å². The van der Waals surface area contributed by atoms with Crippen molar-refractivity contribution in [3.05, 3.63) is 172 Å². The number of amidine groups is 2. The Kier molecular flexibility index (Phi) is 8.84. The zero-order valence-corrected chi connectivity index (χ0v) is 33.4. The number of benzene rings is 6. The van der Waals surface area contributed by atoms with E-state index in [-0.39, 0.29) is 16.2 Å². The highest BCUT2D eigenvalue weighted by molar-refractivity contribution is 6.16. The first-order valence-electron chi connectivity index (χ1n) is 19.3. The van der Waals surface area contributed by atoms with Gasteiger partial charge in [-0.3, -0.25) is 4.99 Å². The van der Waals surface area contributed by atoms with E-state index in [4.69, 9.17) is 9.98 Å². The van der Waals surface area contributed by atoms with Gasteiger partial charge in [-0.2, -0.15) is 0 Å². The lowest BCUT2D eigenvalue weighted by molar-refractivity contribution is 0.579. The van der Waals surface area contributed by atoms with Crippen LogP contribution in [0.1, 0.15) is 94.3 Å². The molecule has 1 aliphatic carbocycles. The summed E-state index contributed by atoms with van der Waals surface area (Å²) in [7, 11) is 0. The highest BCUT2D eigenvalue weighted by Crippen LogP contribution is 2.52. The number of hydrogen-bond donors (Lipinski definition) is 0. The summed E-state index contributed by atoms with van der Waals surface area (Å²) in [4.78, 5) is 15.1. The van der Waals surface area contributed by atoms with E-state index in [1.54, 1.807) is 0 Å². The smallest absolute Gasteiger partial charge is 0.161 e. The fraction of sp³-hybridized carbons (Fsp3) is 0.235. The van der Waals surface area contributed by atoms with Crippen LogP contribution in [0.4, 0.5) is 0 Å². The molecule has 0 aliphatic heterocycles. The molecular weight excluding hydrogens is 669 g/mol. The van der Waals surface area contributed by atoms with Gasteiger partial charge in [0.1, 0.15) is 0 Å². The van der Waals surface area contributed by atoms with Crippen LogP contribution >= 0.6 is 0 Å². The Balaban J connectivity index is 1.27. The summed E-state index contributed by atoms with van der Waals surface area (Å²) < 4.78 is 2.32. The summed E-state index contributed by atoms with van der Waals surface area (Å²) in [6.45, 7) is 23.0. The predicted octanol–water partition coefficient (Wildman–Crippen LogP) is 12.8. The van der Waals surface area contributed by atoms with Crippen LogP contribution in [0, 0.1) is 0 Å². The van der Waals surface area contributed by atoms with Crippen molar-refractivity contribution in [2.45, 2.75) is 78.2 Å². The molecule has 0 bridgehead atoms. The molecule has 0 unspecified atom stereocenters. The lowest BCUT2D eigenvalue weighted by Crippen LogP contribution is -2.19. The van der Waals surface area contributed by atoms with E-state index < -0.39 is 0 Å². The van der Waals surface area contributed by atoms with Crippen molar-refractivity contribution < 1.29 is 0 Å². The highest BCUT2D eigenvalue weighted by atomic mass is 15.0.